The van der Waals surface area contributed by atoms with E-state index in [1.54, 1.807) is 19.9 Å². The maximum absolute atomic E-state index is 11.9. The standard InChI is InChI=1S/C13H17NO3/c1-5-6-9(3)14-10(4)12(13(16)17)8(2)7-11(14)15/h5,7,9H,1,6H2,2-4H3,(H,16,17). The largest absolute Gasteiger partial charge is 0.478 e. The molecule has 0 bridgehead atoms. The van der Waals surface area contributed by atoms with Crippen LogP contribution < -0.4 is 5.56 Å². The zero-order chi connectivity index (χ0) is 13.2. The van der Waals surface area contributed by atoms with Crippen LogP contribution in [0.1, 0.15) is 41.0 Å². The van der Waals surface area contributed by atoms with Crippen LogP contribution in [-0.4, -0.2) is 15.6 Å². The highest BCUT2D eigenvalue weighted by molar-refractivity contribution is 5.90. The Labute approximate surface area is 100 Å². The van der Waals surface area contributed by atoms with E-state index in [0.717, 1.165) is 0 Å². The van der Waals surface area contributed by atoms with Gasteiger partial charge in [0.05, 0.1) is 5.56 Å². The minimum atomic E-state index is -1.00. The summed E-state index contributed by atoms with van der Waals surface area (Å²) in [5, 5.41) is 9.14. The quantitative estimate of drug-likeness (QED) is 0.814. The van der Waals surface area contributed by atoms with Crippen molar-refractivity contribution in [3.05, 3.63) is 45.9 Å². The van der Waals surface area contributed by atoms with Crippen molar-refractivity contribution < 1.29 is 9.90 Å². The number of carboxylic acids is 1. The zero-order valence-electron chi connectivity index (χ0n) is 10.4. The number of pyridine rings is 1. The minimum absolute atomic E-state index is 0.0845. The second kappa shape index (κ2) is 4.99. The van der Waals surface area contributed by atoms with Crippen LogP contribution in [0.2, 0.25) is 0 Å². The Bertz CT molecular complexity index is 514. The van der Waals surface area contributed by atoms with Gasteiger partial charge in [-0.2, -0.15) is 0 Å². The molecule has 0 aliphatic rings. The summed E-state index contributed by atoms with van der Waals surface area (Å²) in [6.07, 6.45) is 2.35. The summed E-state index contributed by atoms with van der Waals surface area (Å²) >= 11 is 0. The van der Waals surface area contributed by atoms with Gasteiger partial charge in [-0.25, -0.2) is 4.79 Å². The Morgan fingerprint density at radius 3 is 2.65 bits per heavy atom. The number of hydrogen-bond acceptors (Lipinski definition) is 2. The molecule has 0 spiro atoms. The van der Waals surface area contributed by atoms with Gasteiger partial charge < -0.3 is 9.67 Å². The number of aromatic carboxylic acids is 1. The lowest BCUT2D eigenvalue weighted by Gasteiger charge is -2.19. The van der Waals surface area contributed by atoms with Crippen molar-refractivity contribution in [2.24, 2.45) is 0 Å². The van der Waals surface area contributed by atoms with Crippen molar-refractivity contribution in [2.45, 2.75) is 33.2 Å². The number of aryl methyl sites for hydroxylation is 1. The maximum Gasteiger partial charge on any atom is 0.337 e. The van der Waals surface area contributed by atoms with E-state index in [1.807, 2.05) is 6.92 Å². The van der Waals surface area contributed by atoms with Gasteiger partial charge in [0.2, 0.25) is 0 Å². The van der Waals surface area contributed by atoms with Crippen LogP contribution in [0.25, 0.3) is 0 Å². The lowest BCUT2D eigenvalue weighted by atomic mass is 10.1. The summed E-state index contributed by atoms with van der Waals surface area (Å²) in [5.74, 6) is -1.00. The summed E-state index contributed by atoms with van der Waals surface area (Å²) in [4.78, 5) is 23.0. The average molecular weight is 235 g/mol. The number of carboxylic acid groups (broad SMARTS) is 1. The normalized spacial score (nSPS) is 12.2. The Hall–Kier alpha value is -1.84. The van der Waals surface area contributed by atoms with E-state index in [4.69, 9.17) is 5.11 Å². The van der Waals surface area contributed by atoms with Crippen LogP contribution in [0, 0.1) is 13.8 Å². The van der Waals surface area contributed by atoms with Gasteiger partial charge in [-0.3, -0.25) is 4.79 Å². The van der Waals surface area contributed by atoms with Gasteiger partial charge in [-0.1, -0.05) is 6.08 Å². The van der Waals surface area contributed by atoms with Crippen molar-refractivity contribution in [1.29, 1.82) is 0 Å². The Balaban J connectivity index is 3.51. The first kappa shape index (κ1) is 13.2. The SMILES string of the molecule is C=CCC(C)n1c(C)c(C(=O)O)c(C)cc1=O. The maximum atomic E-state index is 11.9. The summed E-state index contributed by atoms with van der Waals surface area (Å²) in [6.45, 7) is 8.80. The van der Waals surface area contributed by atoms with Crippen LogP contribution in [0.5, 0.6) is 0 Å². The van der Waals surface area contributed by atoms with E-state index in [1.165, 1.54) is 10.6 Å². The molecule has 92 valence electrons. The fraction of sp³-hybridized carbons (Fsp3) is 0.385. The lowest BCUT2D eigenvalue weighted by molar-refractivity contribution is 0.0694. The molecule has 1 heterocycles. The minimum Gasteiger partial charge on any atom is -0.478 e. The van der Waals surface area contributed by atoms with E-state index in [0.29, 0.717) is 17.7 Å². The van der Waals surface area contributed by atoms with Crippen LogP contribution in [0.4, 0.5) is 0 Å². The topological polar surface area (TPSA) is 59.3 Å². The molecule has 17 heavy (non-hydrogen) atoms. The first-order valence-electron chi connectivity index (χ1n) is 5.47. The van der Waals surface area contributed by atoms with Crippen molar-refractivity contribution in [2.75, 3.05) is 0 Å². The monoisotopic (exact) mass is 235 g/mol. The van der Waals surface area contributed by atoms with E-state index in [2.05, 4.69) is 6.58 Å². The molecule has 0 amide bonds. The van der Waals surface area contributed by atoms with E-state index in [9.17, 15) is 9.59 Å². The molecule has 1 rings (SSSR count). The molecular weight excluding hydrogens is 218 g/mol. The molecule has 4 heteroatoms. The number of carbonyl (C=O) groups is 1. The Kier molecular flexibility index (Phi) is 3.89. The molecule has 1 unspecified atom stereocenters. The van der Waals surface area contributed by atoms with Crippen molar-refractivity contribution in [3.8, 4) is 0 Å². The molecule has 1 aromatic heterocycles. The summed E-state index contributed by atoms with van der Waals surface area (Å²) in [6, 6.07) is 1.29. The predicted octanol–water partition coefficient (Wildman–Crippen LogP) is 2.30. The summed E-state index contributed by atoms with van der Waals surface area (Å²) in [5.41, 5.74) is 1.04. The van der Waals surface area contributed by atoms with E-state index < -0.39 is 5.97 Å². The molecule has 0 aliphatic carbocycles. The van der Waals surface area contributed by atoms with Crippen molar-refractivity contribution in [1.82, 2.24) is 4.57 Å². The molecule has 4 nitrogen and oxygen atoms in total. The first-order chi connectivity index (χ1) is 7.90. The molecule has 0 fully saturated rings. The third-order valence-corrected chi connectivity index (χ3v) is 2.86. The van der Waals surface area contributed by atoms with Gasteiger partial charge >= 0.3 is 5.97 Å². The van der Waals surface area contributed by atoms with E-state index >= 15 is 0 Å². The van der Waals surface area contributed by atoms with Crippen LogP contribution >= 0.6 is 0 Å². The number of aromatic nitrogens is 1. The van der Waals surface area contributed by atoms with Gasteiger partial charge in [-0.15, -0.1) is 6.58 Å². The molecule has 1 atom stereocenters. The second-order valence-electron chi connectivity index (χ2n) is 4.17. The van der Waals surface area contributed by atoms with Crippen LogP contribution in [-0.2, 0) is 0 Å². The number of hydrogen-bond donors (Lipinski definition) is 1. The van der Waals surface area contributed by atoms with E-state index in [-0.39, 0.29) is 17.2 Å². The third-order valence-electron chi connectivity index (χ3n) is 2.86. The Morgan fingerprint density at radius 2 is 2.18 bits per heavy atom. The fourth-order valence-electron chi connectivity index (χ4n) is 2.12. The molecule has 1 N–H and O–H groups in total. The lowest BCUT2D eigenvalue weighted by Crippen LogP contribution is -2.27. The number of allylic oxidation sites excluding steroid dienone is 1. The fourth-order valence-corrected chi connectivity index (χ4v) is 2.12. The highest BCUT2D eigenvalue weighted by atomic mass is 16.4. The number of nitrogens with zero attached hydrogens (tertiary/aromatic N) is 1. The van der Waals surface area contributed by atoms with Crippen LogP contribution in [0.3, 0.4) is 0 Å². The van der Waals surface area contributed by atoms with Crippen molar-refractivity contribution in [3.63, 3.8) is 0 Å². The van der Waals surface area contributed by atoms with Gasteiger partial charge in [0, 0.05) is 17.8 Å². The smallest absolute Gasteiger partial charge is 0.337 e. The van der Waals surface area contributed by atoms with Gasteiger partial charge in [-0.05, 0) is 32.8 Å². The Morgan fingerprint density at radius 1 is 1.59 bits per heavy atom. The summed E-state index contributed by atoms with van der Waals surface area (Å²) in [7, 11) is 0. The molecule has 0 radical (unpaired) electrons. The van der Waals surface area contributed by atoms with Gasteiger partial charge in [0.1, 0.15) is 0 Å². The predicted molar refractivity (Wildman–Crippen MR) is 66.7 cm³/mol. The third kappa shape index (κ3) is 2.46. The highest BCUT2D eigenvalue weighted by Crippen LogP contribution is 2.17. The van der Waals surface area contributed by atoms with Crippen molar-refractivity contribution >= 4 is 5.97 Å². The second-order valence-corrected chi connectivity index (χ2v) is 4.17. The van der Waals surface area contributed by atoms with Crippen LogP contribution in [0.15, 0.2) is 23.5 Å². The highest BCUT2D eigenvalue weighted by Gasteiger charge is 2.18. The molecule has 1 aromatic rings. The first-order valence-corrected chi connectivity index (χ1v) is 5.47. The zero-order valence-corrected chi connectivity index (χ0v) is 10.4. The molecule has 0 saturated carbocycles. The molecule has 0 saturated heterocycles. The van der Waals surface area contributed by atoms with Gasteiger partial charge in [0.25, 0.3) is 5.56 Å². The average Bonchev–Trinajstić information content (AvgIpc) is 2.15. The molecule has 0 aromatic carbocycles. The molecular formula is C13H17NO3. The summed E-state index contributed by atoms with van der Waals surface area (Å²) < 4.78 is 1.51. The van der Waals surface area contributed by atoms with Gasteiger partial charge in [0.15, 0.2) is 0 Å². The number of rotatable bonds is 4. The molecule has 0 aliphatic heterocycles.